The molecule has 6 heteroatoms. The van der Waals surface area contributed by atoms with Crippen LogP contribution >= 0.6 is 0 Å². The summed E-state index contributed by atoms with van der Waals surface area (Å²) in [6, 6.07) is 16.8. The van der Waals surface area contributed by atoms with Crippen molar-refractivity contribution in [3.63, 3.8) is 0 Å². The molecule has 6 nitrogen and oxygen atoms in total. The molecule has 0 unspecified atom stereocenters. The largest absolute Gasteiger partial charge is 0.448 e. The Balaban J connectivity index is 1.64. The van der Waals surface area contributed by atoms with Crippen LogP contribution in [-0.2, 0) is 9.53 Å². The van der Waals surface area contributed by atoms with E-state index in [9.17, 15) is 9.59 Å². The Kier molecular flexibility index (Phi) is 6.12. The molecule has 0 aliphatic rings. The molecule has 1 aromatic heterocycles. The van der Waals surface area contributed by atoms with E-state index < -0.39 is 18.0 Å². The van der Waals surface area contributed by atoms with E-state index in [-0.39, 0.29) is 5.69 Å². The highest BCUT2D eigenvalue weighted by Gasteiger charge is 2.24. The van der Waals surface area contributed by atoms with Crippen molar-refractivity contribution in [2.75, 3.05) is 5.32 Å². The number of aryl methyl sites for hydroxylation is 1. The minimum atomic E-state index is -0.983. The molecular formula is C23H24N2O4. The molecule has 0 saturated heterocycles. The molecule has 3 aromatic rings. The highest BCUT2D eigenvalue weighted by atomic mass is 16.5. The Bertz CT molecular complexity index is 991. The number of hydrogen-bond donors (Lipinski definition) is 1. The van der Waals surface area contributed by atoms with E-state index >= 15 is 0 Å². The molecule has 0 aliphatic carbocycles. The van der Waals surface area contributed by atoms with Crippen LogP contribution in [0.2, 0.25) is 0 Å². The summed E-state index contributed by atoms with van der Waals surface area (Å²) >= 11 is 0. The fourth-order valence-corrected chi connectivity index (χ4v) is 2.76. The van der Waals surface area contributed by atoms with Crippen molar-refractivity contribution in [3.8, 4) is 11.5 Å². The summed E-state index contributed by atoms with van der Waals surface area (Å²) in [6.07, 6.45) is -0.983. The van der Waals surface area contributed by atoms with Crippen molar-refractivity contribution in [1.82, 2.24) is 4.98 Å². The number of benzene rings is 2. The number of nitrogens with zero attached hydrogens (tertiary/aromatic N) is 1. The van der Waals surface area contributed by atoms with Gasteiger partial charge in [-0.2, -0.15) is 0 Å². The van der Waals surface area contributed by atoms with Gasteiger partial charge < -0.3 is 14.5 Å². The number of esters is 1. The van der Waals surface area contributed by atoms with Gasteiger partial charge in [0.15, 0.2) is 11.8 Å². The van der Waals surface area contributed by atoms with Crippen LogP contribution in [0.25, 0.3) is 11.5 Å². The highest BCUT2D eigenvalue weighted by Crippen LogP contribution is 2.22. The number of rotatable bonds is 6. The van der Waals surface area contributed by atoms with Gasteiger partial charge >= 0.3 is 5.97 Å². The molecule has 1 N–H and O–H groups in total. The van der Waals surface area contributed by atoms with Crippen molar-refractivity contribution >= 4 is 17.6 Å². The van der Waals surface area contributed by atoms with Crippen LogP contribution < -0.4 is 5.32 Å². The first-order valence-electron chi connectivity index (χ1n) is 9.49. The van der Waals surface area contributed by atoms with Gasteiger partial charge in [-0.15, -0.1) is 0 Å². The van der Waals surface area contributed by atoms with Crippen LogP contribution in [0, 0.1) is 6.92 Å². The van der Waals surface area contributed by atoms with Crippen molar-refractivity contribution in [3.05, 3.63) is 71.6 Å². The molecule has 0 bridgehead atoms. The Morgan fingerprint density at radius 2 is 1.66 bits per heavy atom. The molecule has 150 valence electrons. The Labute approximate surface area is 169 Å². The molecule has 3 rings (SSSR count). The summed E-state index contributed by atoms with van der Waals surface area (Å²) < 4.78 is 10.9. The molecule has 1 amide bonds. The average molecular weight is 392 g/mol. The van der Waals surface area contributed by atoms with Crippen LogP contribution in [-0.4, -0.2) is 23.0 Å². The lowest BCUT2D eigenvalue weighted by molar-refractivity contribution is -0.123. The van der Waals surface area contributed by atoms with E-state index in [0.29, 0.717) is 23.3 Å². The van der Waals surface area contributed by atoms with Gasteiger partial charge in [0.25, 0.3) is 5.91 Å². The molecule has 1 atom stereocenters. The lowest BCUT2D eigenvalue weighted by Gasteiger charge is -2.13. The molecular weight excluding hydrogens is 368 g/mol. The molecule has 0 spiro atoms. The van der Waals surface area contributed by atoms with Crippen LogP contribution in [0.4, 0.5) is 5.69 Å². The maximum absolute atomic E-state index is 12.5. The van der Waals surface area contributed by atoms with E-state index in [1.807, 2.05) is 54.6 Å². The van der Waals surface area contributed by atoms with Crippen LogP contribution in [0.15, 0.2) is 59.0 Å². The summed E-state index contributed by atoms with van der Waals surface area (Å²) in [6.45, 7) is 7.36. The fourth-order valence-electron chi connectivity index (χ4n) is 2.76. The zero-order chi connectivity index (χ0) is 21.0. The lowest BCUT2D eigenvalue weighted by Crippen LogP contribution is -2.30. The third-order valence-electron chi connectivity index (χ3n) is 4.51. The molecule has 0 radical (unpaired) electrons. The normalized spacial score (nSPS) is 11.9. The van der Waals surface area contributed by atoms with Crippen molar-refractivity contribution in [2.45, 2.75) is 39.7 Å². The number of nitrogens with one attached hydrogen (secondary N) is 1. The topological polar surface area (TPSA) is 81.4 Å². The first-order chi connectivity index (χ1) is 13.8. The van der Waals surface area contributed by atoms with Crippen LogP contribution in [0.5, 0.6) is 0 Å². The third kappa shape index (κ3) is 4.90. The molecule has 2 aromatic carbocycles. The van der Waals surface area contributed by atoms with Gasteiger partial charge in [0.1, 0.15) is 5.76 Å². The highest BCUT2D eigenvalue weighted by molar-refractivity contribution is 5.97. The van der Waals surface area contributed by atoms with Gasteiger partial charge in [-0.25, -0.2) is 9.78 Å². The maximum atomic E-state index is 12.5. The van der Waals surface area contributed by atoms with Crippen molar-refractivity contribution in [1.29, 1.82) is 0 Å². The average Bonchev–Trinajstić information content (AvgIpc) is 3.11. The second-order valence-corrected chi connectivity index (χ2v) is 7.10. The second kappa shape index (κ2) is 8.73. The van der Waals surface area contributed by atoms with E-state index in [1.165, 1.54) is 12.5 Å². The predicted octanol–water partition coefficient (Wildman–Crippen LogP) is 4.96. The van der Waals surface area contributed by atoms with E-state index in [0.717, 1.165) is 5.56 Å². The summed E-state index contributed by atoms with van der Waals surface area (Å²) in [5.41, 5.74) is 2.64. The third-order valence-corrected chi connectivity index (χ3v) is 4.51. The number of carbonyl (C=O) groups excluding carboxylic acids is 2. The maximum Gasteiger partial charge on any atom is 0.361 e. The predicted molar refractivity (Wildman–Crippen MR) is 111 cm³/mol. The quantitative estimate of drug-likeness (QED) is 0.600. The van der Waals surface area contributed by atoms with Crippen molar-refractivity contribution in [2.24, 2.45) is 0 Å². The monoisotopic (exact) mass is 392 g/mol. The molecule has 0 saturated carbocycles. The molecule has 1 heterocycles. The number of amides is 1. The minimum absolute atomic E-state index is 0.0600. The fraction of sp³-hybridized carbons (Fsp3) is 0.261. The lowest BCUT2D eigenvalue weighted by atomic mass is 10.0. The standard InChI is InChI=1S/C23H24N2O4/c1-14(2)17-10-12-19(13-11-17)24-21(26)16(4)29-23(27)20-15(3)28-22(25-20)18-8-6-5-7-9-18/h5-14,16H,1-4H3,(H,24,26)/t16-/m1/s1. The van der Waals surface area contributed by atoms with Gasteiger partial charge in [-0.1, -0.05) is 44.2 Å². The SMILES string of the molecule is Cc1oc(-c2ccccc2)nc1C(=O)O[C@H](C)C(=O)Nc1ccc(C(C)C)cc1. The zero-order valence-electron chi connectivity index (χ0n) is 16.9. The van der Waals surface area contributed by atoms with Gasteiger partial charge in [0.2, 0.25) is 5.89 Å². The summed E-state index contributed by atoms with van der Waals surface area (Å²) in [7, 11) is 0. The van der Waals surface area contributed by atoms with E-state index in [4.69, 9.17) is 9.15 Å². The van der Waals surface area contributed by atoms with Gasteiger partial charge in [0.05, 0.1) is 0 Å². The molecule has 0 aliphatic heterocycles. The van der Waals surface area contributed by atoms with Crippen molar-refractivity contribution < 1.29 is 18.7 Å². The Morgan fingerprint density at radius 3 is 2.28 bits per heavy atom. The molecule has 29 heavy (non-hydrogen) atoms. The van der Waals surface area contributed by atoms with Crippen LogP contribution in [0.1, 0.15) is 48.5 Å². The van der Waals surface area contributed by atoms with Crippen LogP contribution in [0.3, 0.4) is 0 Å². The van der Waals surface area contributed by atoms with Gasteiger partial charge in [-0.3, -0.25) is 4.79 Å². The Hall–Kier alpha value is -3.41. The first-order valence-corrected chi connectivity index (χ1v) is 9.49. The number of hydrogen-bond acceptors (Lipinski definition) is 5. The number of carbonyl (C=O) groups is 2. The Morgan fingerprint density at radius 1 is 1.00 bits per heavy atom. The van der Waals surface area contributed by atoms with Gasteiger partial charge in [0, 0.05) is 11.3 Å². The smallest absolute Gasteiger partial charge is 0.361 e. The van der Waals surface area contributed by atoms with E-state index in [1.54, 1.807) is 6.92 Å². The van der Waals surface area contributed by atoms with Gasteiger partial charge in [-0.05, 0) is 49.6 Å². The molecule has 0 fully saturated rings. The number of anilines is 1. The number of ether oxygens (including phenoxy) is 1. The second-order valence-electron chi connectivity index (χ2n) is 7.10. The van der Waals surface area contributed by atoms with E-state index in [2.05, 4.69) is 24.1 Å². The summed E-state index contributed by atoms with van der Waals surface area (Å²) in [4.78, 5) is 29.1. The first kappa shape index (κ1) is 20.3. The zero-order valence-corrected chi connectivity index (χ0v) is 16.9. The number of oxazole rings is 1. The minimum Gasteiger partial charge on any atom is -0.448 e. The summed E-state index contributed by atoms with van der Waals surface area (Å²) in [5, 5.41) is 2.75. The number of aromatic nitrogens is 1. The summed E-state index contributed by atoms with van der Waals surface area (Å²) in [5.74, 6) is -0.0412.